The molecule has 7 nitrogen and oxygen atoms in total. The first-order chi connectivity index (χ1) is 16.1. The van der Waals surface area contributed by atoms with Crippen molar-refractivity contribution in [1.82, 2.24) is 4.90 Å². The number of carbonyl (C=O) groups excluding carboxylic acids is 3. The Labute approximate surface area is 205 Å². The number of benzene rings is 2. The lowest BCUT2D eigenvalue weighted by Crippen LogP contribution is -2.45. The van der Waals surface area contributed by atoms with E-state index in [-0.39, 0.29) is 12.0 Å². The van der Waals surface area contributed by atoms with Crippen LogP contribution in [0.3, 0.4) is 0 Å². The molecule has 0 aliphatic carbocycles. The third-order valence-electron chi connectivity index (χ3n) is 5.34. The summed E-state index contributed by atoms with van der Waals surface area (Å²) >= 11 is 1.46. The fraction of sp³-hybridized carbons (Fsp3) is 0.423. The highest BCUT2D eigenvalue weighted by atomic mass is 32.2. The Morgan fingerprint density at radius 1 is 1.12 bits per heavy atom. The Bertz CT molecular complexity index is 1050. The SMILES string of the molecule is CC(=O)O[C@H]1C(=O)N(CCN(C)C)c2cc(C(=O)OC(C)C)ccc2S[C@H]1c1ccc(C)cc1. The predicted octanol–water partition coefficient (Wildman–Crippen LogP) is 4.23. The van der Waals surface area contributed by atoms with Crippen LogP contribution in [0.2, 0.25) is 0 Å². The van der Waals surface area contributed by atoms with Crippen molar-refractivity contribution in [2.45, 2.75) is 50.0 Å². The van der Waals surface area contributed by atoms with E-state index < -0.39 is 23.3 Å². The normalized spacial score (nSPS) is 18.0. The average Bonchev–Trinajstić information content (AvgIpc) is 2.86. The molecule has 8 heteroatoms. The molecule has 1 amide bonds. The Balaban J connectivity index is 2.12. The van der Waals surface area contributed by atoms with E-state index in [1.54, 1.807) is 30.9 Å². The van der Waals surface area contributed by atoms with Crippen LogP contribution in [-0.2, 0) is 19.1 Å². The lowest BCUT2D eigenvalue weighted by molar-refractivity contribution is -0.152. The number of hydrogen-bond acceptors (Lipinski definition) is 7. The third-order valence-corrected chi connectivity index (χ3v) is 6.71. The maximum Gasteiger partial charge on any atom is 0.338 e. The number of likely N-dealkylation sites (N-methyl/N-ethyl adjacent to an activating group) is 1. The van der Waals surface area contributed by atoms with Crippen molar-refractivity contribution in [3.63, 3.8) is 0 Å². The van der Waals surface area contributed by atoms with Gasteiger partial charge in [-0.25, -0.2) is 4.79 Å². The van der Waals surface area contributed by atoms with Gasteiger partial charge in [0.15, 0.2) is 6.10 Å². The molecule has 0 bridgehead atoms. The first-order valence-electron chi connectivity index (χ1n) is 11.3. The van der Waals surface area contributed by atoms with E-state index in [1.165, 1.54) is 18.7 Å². The molecule has 1 aliphatic heterocycles. The topological polar surface area (TPSA) is 76.2 Å². The maximum atomic E-state index is 13.9. The Morgan fingerprint density at radius 2 is 1.79 bits per heavy atom. The second-order valence-corrected chi connectivity index (χ2v) is 10.1. The number of hydrogen-bond donors (Lipinski definition) is 0. The van der Waals surface area contributed by atoms with E-state index in [1.807, 2.05) is 56.3 Å². The van der Waals surface area contributed by atoms with Crippen molar-refractivity contribution in [1.29, 1.82) is 0 Å². The number of thioether (sulfide) groups is 1. The molecule has 0 spiro atoms. The first-order valence-corrected chi connectivity index (χ1v) is 12.2. The Kier molecular flexibility index (Phi) is 8.38. The van der Waals surface area contributed by atoms with Crippen LogP contribution >= 0.6 is 11.8 Å². The molecule has 2 aromatic rings. The van der Waals surface area contributed by atoms with E-state index in [9.17, 15) is 14.4 Å². The van der Waals surface area contributed by atoms with Crippen LogP contribution in [0.4, 0.5) is 5.69 Å². The quantitative estimate of drug-likeness (QED) is 0.544. The van der Waals surface area contributed by atoms with Crippen molar-refractivity contribution in [3.05, 3.63) is 59.2 Å². The van der Waals surface area contributed by atoms with Gasteiger partial charge in [0, 0.05) is 24.9 Å². The minimum atomic E-state index is -1.01. The molecule has 0 aromatic heterocycles. The standard InChI is InChI=1S/C26H32N2O5S/c1-16(2)32-26(31)20-11-12-22-21(15-20)28(14-13-27(5)6)25(30)23(33-18(4)29)24(34-22)19-9-7-17(3)8-10-19/h7-12,15-16,23-24H,13-14H2,1-6H3/t23-,24+/m1/s1. The molecule has 2 aromatic carbocycles. The van der Waals surface area contributed by atoms with Crippen LogP contribution in [0.5, 0.6) is 0 Å². The molecule has 0 unspecified atom stereocenters. The van der Waals surface area contributed by atoms with Crippen molar-refractivity contribution in [2.24, 2.45) is 0 Å². The summed E-state index contributed by atoms with van der Waals surface area (Å²) in [4.78, 5) is 42.9. The van der Waals surface area contributed by atoms with Gasteiger partial charge in [0.05, 0.1) is 22.6 Å². The minimum absolute atomic E-state index is 0.258. The minimum Gasteiger partial charge on any atom is -0.459 e. The summed E-state index contributed by atoms with van der Waals surface area (Å²) in [5.74, 6) is -1.28. The lowest BCUT2D eigenvalue weighted by atomic mass is 10.0. The van der Waals surface area contributed by atoms with Gasteiger partial charge in [-0.05, 0) is 58.6 Å². The molecule has 0 radical (unpaired) electrons. The monoisotopic (exact) mass is 484 g/mol. The van der Waals surface area contributed by atoms with E-state index in [0.717, 1.165) is 16.0 Å². The average molecular weight is 485 g/mol. The fourth-order valence-corrected chi connectivity index (χ4v) is 4.96. The highest BCUT2D eigenvalue weighted by molar-refractivity contribution is 7.99. The number of carbonyl (C=O) groups is 3. The molecule has 0 saturated heterocycles. The van der Waals surface area contributed by atoms with Crippen LogP contribution in [0.1, 0.15) is 47.5 Å². The van der Waals surface area contributed by atoms with E-state index in [0.29, 0.717) is 24.3 Å². The zero-order valence-corrected chi connectivity index (χ0v) is 21.3. The van der Waals surface area contributed by atoms with Crippen molar-refractivity contribution in [3.8, 4) is 0 Å². The zero-order chi connectivity index (χ0) is 25.0. The molecule has 182 valence electrons. The van der Waals surface area contributed by atoms with E-state index in [4.69, 9.17) is 9.47 Å². The third kappa shape index (κ3) is 6.18. The van der Waals surface area contributed by atoms with Gasteiger partial charge < -0.3 is 19.3 Å². The highest BCUT2D eigenvalue weighted by Gasteiger charge is 2.41. The number of amides is 1. The van der Waals surface area contributed by atoms with Crippen LogP contribution in [0.15, 0.2) is 47.4 Å². The van der Waals surface area contributed by atoms with Gasteiger partial charge in [0.25, 0.3) is 5.91 Å². The molecule has 0 fully saturated rings. The number of ether oxygens (including phenoxy) is 2. The number of nitrogens with zero attached hydrogens (tertiary/aromatic N) is 2. The lowest BCUT2D eigenvalue weighted by Gasteiger charge is -2.28. The number of esters is 2. The Morgan fingerprint density at radius 3 is 2.38 bits per heavy atom. The van der Waals surface area contributed by atoms with Crippen molar-refractivity contribution in [2.75, 3.05) is 32.1 Å². The van der Waals surface area contributed by atoms with Crippen LogP contribution in [0.25, 0.3) is 0 Å². The van der Waals surface area contributed by atoms with Gasteiger partial charge in [0.1, 0.15) is 0 Å². The molecule has 0 N–H and O–H groups in total. The summed E-state index contributed by atoms with van der Waals surface area (Å²) in [5.41, 5.74) is 2.97. The summed E-state index contributed by atoms with van der Waals surface area (Å²) in [6.07, 6.45) is -1.27. The number of aryl methyl sites for hydroxylation is 1. The van der Waals surface area contributed by atoms with Gasteiger partial charge >= 0.3 is 11.9 Å². The molecule has 1 aliphatic rings. The summed E-state index contributed by atoms with van der Waals surface area (Å²) in [6.45, 7) is 7.86. The molecule has 34 heavy (non-hydrogen) atoms. The van der Waals surface area contributed by atoms with Gasteiger partial charge in [0.2, 0.25) is 0 Å². The first kappa shape index (κ1) is 25.8. The molecule has 3 rings (SSSR count). The largest absolute Gasteiger partial charge is 0.459 e. The zero-order valence-electron chi connectivity index (χ0n) is 20.5. The number of anilines is 1. The van der Waals surface area contributed by atoms with Crippen molar-refractivity contribution >= 4 is 35.3 Å². The smallest absolute Gasteiger partial charge is 0.338 e. The second kappa shape index (κ2) is 11.1. The van der Waals surface area contributed by atoms with Crippen LogP contribution < -0.4 is 4.90 Å². The van der Waals surface area contributed by atoms with Gasteiger partial charge in [-0.3, -0.25) is 9.59 Å². The van der Waals surface area contributed by atoms with E-state index >= 15 is 0 Å². The molecule has 1 heterocycles. The number of rotatable bonds is 7. The summed E-state index contributed by atoms with van der Waals surface area (Å²) in [5, 5.41) is -0.437. The molecular formula is C26H32N2O5S. The summed E-state index contributed by atoms with van der Waals surface area (Å²) in [7, 11) is 3.85. The summed E-state index contributed by atoms with van der Waals surface area (Å²) < 4.78 is 11.0. The second-order valence-electron chi connectivity index (χ2n) is 8.91. The predicted molar refractivity (Wildman–Crippen MR) is 133 cm³/mol. The fourth-order valence-electron chi connectivity index (χ4n) is 3.66. The highest BCUT2D eigenvalue weighted by Crippen LogP contribution is 2.47. The van der Waals surface area contributed by atoms with Crippen LogP contribution in [0, 0.1) is 6.92 Å². The van der Waals surface area contributed by atoms with E-state index in [2.05, 4.69) is 0 Å². The van der Waals surface area contributed by atoms with Gasteiger partial charge in [-0.15, -0.1) is 11.8 Å². The molecular weight excluding hydrogens is 452 g/mol. The molecule has 0 saturated carbocycles. The number of fused-ring (bicyclic) bond motifs is 1. The Hall–Kier alpha value is -2.84. The van der Waals surface area contributed by atoms with Crippen LogP contribution in [-0.4, -0.2) is 62.1 Å². The maximum absolute atomic E-state index is 13.9. The van der Waals surface area contributed by atoms with Gasteiger partial charge in [-0.2, -0.15) is 0 Å². The molecule has 2 atom stereocenters. The van der Waals surface area contributed by atoms with Crippen molar-refractivity contribution < 1.29 is 23.9 Å². The summed E-state index contributed by atoms with van der Waals surface area (Å²) in [6, 6.07) is 13.1. The van der Waals surface area contributed by atoms with Gasteiger partial charge in [-0.1, -0.05) is 29.8 Å².